The van der Waals surface area contributed by atoms with E-state index < -0.39 is 5.60 Å². The lowest BCUT2D eigenvalue weighted by atomic mass is 9.89. The van der Waals surface area contributed by atoms with Gasteiger partial charge in [0.2, 0.25) is 0 Å². The number of aliphatic hydroxyl groups is 1. The number of allylic oxidation sites excluding steroid dienone is 1. The predicted molar refractivity (Wildman–Crippen MR) is 65.1 cm³/mol. The molecule has 1 nitrogen and oxygen atoms in total. The molecule has 1 N–H and O–H groups in total. The minimum absolute atomic E-state index is 0.637. The monoisotopic (exact) mass is 224 g/mol. The van der Waals surface area contributed by atoms with Gasteiger partial charge >= 0.3 is 0 Å². The number of rotatable bonds is 3. The molecule has 1 aromatic rings. The number of hydrogen-bond acceptors (Lipinski definition) is 1. The molecule has 0 bridgehead atoms. The number of benzene rings is 1. The lowest BCUT2D eigenvalue weighted by molar-refractivity contribution is 0.0843. The van der Waals surface area contributed by atoms with E-state index in [1.807, 2.05) is 51.1 Å². The molecular weight excluding hydrogens is 208 g/mol. The van der Waals surface area contributed by atoms with Crippen molar-refractivity contribution in [2.45, 2.75) is 32.8 Å². The highest BCUT2D eigenvalue weighted by molar-refractivity contribution is 6.30. The van der Waals surface area contributed by atoms with E-state index in [1.54, 1.807) is 0 Å². The molecule has 1 rings (SSSR count). The molecule has 0 aliphatic heterocycles. The Morgan fingerprint density at radius 2 is 2.13 bits per heavy atom. The zero-order chi connectivity index (χ0) is 11.5. The number of hydrogen-bond donors (Lipinski definition) is 1. The van der Waals surface area contributed by atoms with Gasteiger partial charge < -0.3 is 5.11 Å². The van der Waals surface area contributed by atoms with Gasteiger partial charge in [-0.3, -0.25) is 0 Å². The van der Waals surface area contributed by atoms with Crippen LogP contribution in [0.3, 0.4) is 0 Å². The summed E-state index contributed by atoms with van der Waals surface area (Å²) in [4.78, 5) is 0. The van der Waals surface area contributed by atoms with Crippen molar-refractivity contribution >= 4 is 11.6 Å². The molecule has 82 valence electrons. The summed E-state index contributed by atoms with van der Waals surface area (Å²) in [6, 6.07) is 7.38. The second-order valence-electron chi connectivity index (χ2n) is 4.01. The van der Waals surface area contributed by atoms with E-state index in [1.165, 1.54) is 0 Å². The quantitative estimate of drug-likeness (QED) is 0.772. The fraction of sp³-hybridized carbons (Fsp3) is 0.385. The third kappa shape index (κ3) is 3.08. The lowest BCUT2D eigenvalue weighted by Crippen LogP contribution is -2.22. The van der Waals surface area contributed by atoms with E-state index in [0.29, 0.717) is 11.4 Å². The van der Waals surface area contributed by atoms with E-state index in [2.05, 4.69) is 0 Å². The highest BCUT2D eigenvalue weighted by Gasteiger charge is 2.24. The van der Waals surface area contributed by atoms with E-state index in [-0.39, 0.29) is 0 Å². The Morgan fingerprint density at radius 3 is 2.60 bits per heavy atom. The van der Waals surface area contributed by atoms with Crippen molar-refractivity contribution < 1.29 is 5.11 Å². The van der Waals surface area contributed by atoms with Crippen LogP contribution < -0.4 is 0 Å². The molecule has 1 aromatic carbocycles. The van der Waals surface area contributed by atoms with Crippen molar-refractivity contribution in [3.05, 3.63) is 46.5 Å². The summed E-state index contributed by atoms with van der Waals surface area (Å²) in [5.74, 6) is 0. The molecule has 1 atom stereocenters. The maximum atomic E-state index is 10.5. The first-order valence-electron chi connectivity index (χ1n) is 5.12. The molecule has 0 aromatic heterocycles. The van der Waals surface area contributed by atoms with Crippen molar-refractivity contribution in [1.82, 2.24) is 0 Å². The van der Waals surface area contributed by atoms with Crippen LogP contribution in [0.25, 0.3) is 0 Å². The summed E-state index contributed by atoms with van der Waals surface area (Å²) in [5, 5.41) is 11.1. The highest BCUT2D eigenvalue weighted by Crippen LogP contribution is 2.29. The van der Waals surface area contributed by atoms with Gasteiger partial charge in [0.1, 0.15) is 5.60 Å². The van der Waals surface area contributed by atoms with Gasteiger partial charge in [0.15, 0.2) is 0 Å². The molecule has 1 unspecified atom stereocenters. The smallest absolute Gasteiger partial charge is 0.108 e. The molecule has 0 aliphatic carbocycles. The number of halogens is 1. The van der Waals surface area contributed by atoms with Crippen molar-refractivity contribution in [3.63, 3.8) is 0 Å². The highest BCUT2D eigenvalue weighted by atomic mass is 35.5. The topological polar surface area (TPSA) is 20.2 Å². The van der Waals surface area contributed by atoms with Crippen LogP contribution in [0.15, 0.2) is 35.9 Å². The van der Waals surface area contributed by atoms with Crippen molar-refractivity contribution in [2.24, 2.45) is 0 Å². The lowest BCUT2D eigenvalue weighted by Gasteiger charge is -2.24. The van der Waals surface area contributed by atoms with Crippen molar-refractivity contribution in [3.8, 4) is 0 Å². The normalized spacial score (nSPS) is 14.5. The first kappa shape index (κ1) is 12.3. The van der Waals surface area contributed by atoms with E-state index in [4.69, 9.17) is 11.6 Å². The Kier molecular flexibility index (Phi) is 3.95. The van der Waals surface area contributed by atoms with Gasteiger partial charge in [-0.15, -0.1) is 0 Å². The zero-order valence-electron chi connectivity index (χ0n) is 9.42. The summed E-state index contributed by atoms with van der Waals surface area (Å²) < 4.78 is 0. The van der Waals surface area contributed by atoms with Crippen LogP contribution in [0.1, 0.15) is 32.8 Å². The maximum Gasteiger partial charge on any atom is 0.108 e. The molecule has 0 saturated heterocycles. The standard InChI is InChI=1S/C13H17ClO/c1-4-13(15,9-10(2)3)11-6-5-7-12(14)8-11/h5-9,15H,4H2,1-3H3. The molecule has 0 radical (unpaired) electrons. The third-order valence-electron chi connectivity index (χ3n) is 2.39. The van der Waals surface area contributed by atoms with Gasteiger partial charge in [-0.2, -0.15) is 0 Å². The molecule has 2 heteroatoms. The zero-order valence-corrected chi connectivity index (χ0v) is 10.2. The molecule has 0 heterocycles. The molecule has 0 saturated carbocycles. The summed E-state index contributed by atoms with van der Waals surface area (Å²) in [7, 11) is 0. The summed E-state index contributed by atoms with van der Waals surface area (Å²) in [6.45, 7) is 5.91. The minimum Gasteiger partial charge on any atom is -0.381 e. The Balaban J connectivity index is 3.17. The van der Waals surface area contributed by atoms with Crippen molar-refractivity contribution in [2.75, 3.05) is 0 Å². The van der Waals surface area contributed by atoms with Crippen molar-refractivity contribution in [1.29, 1.82) is 0 Å². The maximum absolute atomic E-state index is 10.5. The van der Waals surface area contributed by atoms with Crippen LogP contribution in [0.5, 0.6) is 0 Å². The van der Waals surface area contributed by atoms with Gasteiger partial charge in [-0.25, -0.2) is 0 Å². The average molecular weight is 225 g/mol. The molecule has 0 fully saturated rings. The summed E-state index contributed by atoms with van der Waals surface area (Å²) in [5.41, 5.74) is 1.04. The van der Waals surface area contributed by atoms with Crippen LogP contribution in [-0.2, 0) is 5.60 Å². The first-order chi connectivity index (χ1) is 6.98. The fourth-order valence-corrected chi connectivity index (χ4v) is 1.82. The van der Waals surface area contributed by atoms with E-state index >= 15 is 0 Å². The Morgan fingerprint density at radius 1 is 1.47 bits per heavy atom. The van der Waals surface area contributed by atoms with Gasteiger partial charge in [-0.1, -0.05) is 42.3 Å². The summed E-state index contributed by atoms with van der Waals surface area (Å²) in [6.07, 6.45) is 2.51. The van der Waals surface area contributed by atoms with E-state index in [9.17, 15) is 5.11 Å². The second kappa shape index (κ2) is 4.82. The molecular formula is C13H17ClO. The fourth-order valence-electron chi connectivity index (χ4n) is 1.62. The molecule has 0 spiro atoms. The van der Waals surface area contributed by atoms with Crippen LogP contribution in [0.4, 0.5) is 0 Å². The van der Waals surface area contributed by atoms with Crippen LogP contribution in [-0.4, -0.2) is 5.11 Å². The second-order valence-corrected chi connectivity index (χ2v) is 4.45. The Labute approximate surface area is 96.4 Å². The van der Waals surface area contributed by atoms with Gasteiger partial charge in [0, 0.05) is 5.02 Å². The Hall–Kier alpha value is -0.790. The molecule has 0 amide bonds. The van der Waals surface area contributed by atoms with Crippen LogP contribution >= 0.6 is 11.6 Å². The van der Waals surface area contributed by atoms with Gasteiger partial charge in [0.25, 0.3) is 0 Å². The van der Waals surface area contributed by atoms with Gasteiger partial charge in [-0.05, 0) is 38.0 Å². The third-order valence-corrected chi connectivity index (χ3v) is 2.63. The van der Waals surface area contributed by atoms with Gasteiger partial charge in [0.05, 0.1) is 0 Å². The molecule has 15 heavy (non-hydrogen) atoms. The average Bonchev–Trinajstić information content (AvgIpc) is 2.16. The molecule has 0 aliphatic rings. The van der Waals surface area contributed by atoms with E-state index in [0.717, 1.165) is 11.1 Å². The summed E-state index contributed by atoms with van der Waals surface area (Å²) >= 11 is 5.91. The first-order valence-corrected chi connectivity index (χ1v) is 5.50. The SMILES string of the molecule is CCC(O)(C=C(C)C)c1cccc(Cl)c1. The largest absolute Gasteiger partial charge is 0.381 e. The minimum atomic E-state index is -0.899. The van der Waals surface area contributed by atoms with Crippen LogP contribution in [0.2, 0.25) is 5.02 Å². The Bertz CT molecular complexity index is 367. The predicted octanol–water partition coefficient (Wildman–Crippen LogP) is 3.90. The van der Waals surface area contributed by atoms with Crippen LogP contribution in [0, 0.1) is 0 Å².